The number of carbonyl (C=O) groups excluding carboxylic acids is 3. The Kier molecular flexibility index (Phi) is 35.7. The first kappa shape index (κ1) is 54.3. The zero-order valence-corrected chi connectivity index (χ0v) is 37.7. The molecule has 0 radical (unpaired) electrons. The van der Waals surface area contributed by atoms with Crippen molar-refractivity contribution < 1.29 is 43.9 Å². The van der Waals surface area contributed by atoms with Crippen LogP contribution in [-0.2, 0) is 28.6 Å². The van der Waals surface area contributed by atoms with Crippen LogP contribution in [0.25, 0.3) is 0 Å². The largest absolute Gasteiger partial charge is 0.457 e. The number of nitrogens with one attached hydrogen (secondary N) is 1. The normalized spacial score (nSPS) is 19.9. The number of hydrogen-bond donors (Lipinski definition) is 4. The summed E-state index contributed by atoms with van der Waals surface area (Å²) in [5.74, 6) is -1.61. The van der Waals surface area contributed by atoms with Crippen LogP contribution in [-0.4, -0.2) is 76.5 Å². The molecule has 1 fully saturated rings. The van der Waals surface area contributed by atoms with E-state index < -0.39 is 61.2 Å². The van der Waals surface area contributed by atoms with Gasteiger partial charge < -0.3 is 34.8 Å². The Labute approximate surface area is 355 Å². The first-order valence-corrected chi connectivity index (χ1v) is 24.6. The first-order valence-electron chi connectivity index (χ1n) is 24.6. The number of rotatable bonds is 40. The average Bonchev–Trinajstić information content (AvgIpc) is 3.21. The molecule has 6 atom stereocenters. The van der Waals surface area contributed by atoms with Gasteiger partial charge in [-0.1, -0.05) is 207 Å². The number of ether oxygens (including phenoxy) is 3. The molecule has 0 aromatic carbocycles. The molecule has 10 nitrogen and oxygen atoms in total. The molecule has 58 heavy (non-hydrogen) atoms. The molecule has 0 aromatic heterocycles. The Bertz CT molecular complexity index is 981. The highest BCUT2D eigenvalue weighted by molar-refractivity contribution is 5.84. The van der Waals surface area contributed by atoms with Gasteiger partial charge in [-0.15, -0.1) is 0 Å². The molecule has 0 saturated carbocycles. The van der Waals surface area contributed by atoms with E-state index in [1.165, 1.54) is 128 Å². The van der Waals surface area contributed by atoms with Crippen LogP contribution in [0.15, 0.2) is 0 Å². The van der Waals surface area contributed by atoms with Gasteiger partial charge in [0.15, 0.2) is 18.5 Å². The molecule has 0 aromatic rings. The summed E-state index contributed by atoms with van der Waals surface area (Å²) in [7, 11) is 0. The van der Waals surface area contributed by atoms with Crippen molar-refractivity contribution in [3.63, 3.8) is 0 Å². The van der Waals surface area contributed by atoms with Crippen LogP contribution in [0.4, 0.5) is 0 Å². The minimum Gasteiger partial charge on any atom is -0.457 e. The maximum atomic E-state index is 13.8. The summed E-state index contributed by atoms with van der Waals surface area (Å²) in [5, 5.41) is 34.5. The van der Waals surface area contributed by atoms with Crippen molar-refractivity contribution >= 4 is 17.8 Å². The number of aliphatic hydroxyl groups excluding tert-OH is 3. The maximum Gasteiger partial charge on any atom is 0.306 e. The van der Waals surface area contributed by atoms with Crippen LogP contribution < -0.4 is 5.32 Å². The van der Waals surface area contributed by atoms with E-state index in [4.69, 9.17) is 14.2 Å². The quantitative estimate of drug-likeness (QED) is 0.0349. The number of amides is 1. The van der Waals surface area contributed by atoms with E-state index in [9.17, 15) is 29.7 Å². The topological polar surface area (TPSA) is 152 Å². The number of aliphatic hydroxyl groups is 3. The number of carbonyl (C=O) groups is 3. The molecule has 1 aliphatic rings. The fourth-order valence-electron chi connectivity index (χ4n) is 7.99. The predicted octanol–water partition coefficient (Wildman–Crippen LogP) is 11.1. The smallest absolute Gasteiger partial charge is 0.306 e. The van der Waals surface area contributed by atoms with E-state index >= 15 is 0 Å². The molecular weight excluding hydrogens is 735 g/mol. The predicted molar refractivity (Wildman–Crippen MR) is 234 cm³/mol. The Morgan fingerprint density at radius 2 is 0.897 bits per heavy atom. The van der Waals surface area contributed by atoms with E-state index in [-0.39, 0.29) is 12.8 Å². The van der Waals surface area contributed by atoms with Crippen molar-refractivity contribution in [3.05, 3.63) is 0 Å². The van der Waals surface area contributed by atoms with Crippen molar-refractivity contribution in [1.82, 2.24) is 5.32 Å². The molecule has 0 spiro atoms. The standard InChI is InChI=1S/C48H91NO9/c1-4-7-10-13-16-19-22-25-28-31-34-37-42(51)56-40(36-33-30-27-24-21-18-15-12-9-6-3)47(54)49-44-46(45(53)41(39-50)57-48(44)55)58-43(52)38-35-32-29-26-23-20-17-14-11-8-5-2/h40-41,44-46,48,50,53,55H,4-39H2,1-3H3,(H,49,54)/t40?,41-,44-,45-,46-,48?/m1/s1. The molecule has 0 bridgehead atoms. The molecule has 1 rings (SSSR count). The van der Waals surface area contributed by atoms with Crippen LogP contribution in [0.1, 0.15) is 245 Å². The Morgan fingerprint density at radius 1 is 0.534 bits per heavy atom. The van der Waals surface area contributed by atoms with Gasteiger partial charge in [-0.05, 0) is 25.7 Å². The molecular formula is C48H91NO9. The van der Waals surface area contributed by atoms with E-state index in [1.807, 2.05) is 0 Å². The lowest BCUT2D eigenvalue weighted by molar-refractivity contribution is -0.259. The van der Waals surface area contributed by atoms with E-state index in [1.54, 1.807) is 0 Å². The highest BCUT2D eigenvalue weighted by Crippen LogP contribution is 2.25. The molecule has 10 heteroatoms. The second-order valence-electron chi connectivity index (χ2n) is 17.2. The van der Waals surface area contributed by atoms with Gasteiger partial charge in [-0.2, -0.15) is 0 Å². The molecule has 342 valence electrons. The monoisotopic (exact) mass is 826 g/mol. The third-order valence-electron chi connectivity index (χ3n) is 11.8. The molecule has 1 aliphatic heterocycles. The van der Waals surface area contributed by atoms with E-state index in [0.717, 1.165) is 57.8 Å². The highest BCUT2D eigenvalue weighted by atomic mass is 16.6. The second-order valence-corrected chi connectivity index (χ2v) is 17.2. The summed E-state index contributed by atoms with van der Waals surface area (Å²) in [4.78, 5) is 39.8. The number of esters is 2. The SMILES string of the molecule is CCCCCCCCCCCCCC(=O)OC(CCCCCCCCCCCC)C(=O)N[C@H]1C(O)O[C@H](CO)[C@@H](O)[C@@H]1OC(=O)CCCCCCCCCCCCC. The van der Waals surface area contributed by atoms with Gasteiger partial charge in [-0.25, -0.2) is 0 Å². The van der Waals surface area contributed by atoms with Crippen molar-refractivity contribution in [1.29, 1.82) is 0 Å². The molecule has 1 amide bonds. The van der Waals surface area contributed by atoms with Gasteiger partial charge in [0.2, 0.25) is 0 Å². The van der Waals surface area contributed by atoms with E-state index in [2.05, 4.69) is 26.1 Å². The van der Waals surface area contributed by atoms with Gasteiger partial charge in [0, 0.05) is 12.8 Å². The van der Waals surface area contributed by atoms with Crippen LogP contribution in [0, 0.1) is 0 Å². The summed E-state index contributed by atoms with van der Waals surface area (Å²) in [6, 6.07) is -1.31. The molecule has 0 aliphatic carbocycles. The lowest BCUT2D eigenvalue weighted by Gasteiger charge is -2.42. The summed E-state index contributed by atoms with van der Waals surface area (Å²) in [6.07, 6.45) is 30.6. The fraction of sp³-hybridized carbons (Fsp3) is 0.938. The van der Waals surface area contributed by atoms with Crippen LogP contribution in [0.2, 0.25) is 0 Å². The number of unbranched alkanes of at least 4 members (excludes halogenated alkanes) is 29. The third kappa shape index (κ3) is 27.9. The zero-order chi connectivity index (χ0) is 42.5. The van der Waals surface area contributed by atoms with Crippen molar-refractivity contribution in [3.8, 4) is 0 Å². The van der Waals surface area contributed by atoms with Gasteiger partial charge in [0.05, 0.1) is 6.61 Å². The van der Waals surface area contributed by atoms with Crippen LogP contribution >= 0.6 is 0 Å². The highest BCUT2D eigenvalue weighted by Gasteiger charge is 2.48. The summed E-state index contributed by atoms with van der Waals surface area (Å²) >= 11 is 0. The third-order valence-corrected chi connectivity index (χ3v) is 11.8. The summed E-state index contributed by atoms with van der Waals surface area (Å²) < 4.78 is 16.9. The average molecular weight is 826 g/mol. The number of hydrogen-bond acceptors (Lipinski definition) is 9. The van der Waals surface area contributed by atoms with Crippen LogP contribution in [0.5, 0.6) is 0 Å². The first-order chi connectivity index (χ1) is 28.3. The van der Waals surface area contributed by atoms with Crippen molar-refractivity contribution in [2.24, 2.45) is 0 Å². The Morgan fingerprint density at radius 3 is 1.29 bits per heavy atom. The minimum absolute atomic E-state index is 0.139. The summed E-state index contributed by atoms with van der Waals surface area (Å²) in [5.41, 5.74) is 0. The second kappa shape index (κ2) is 38.2. The summed E-state index contributed by atoms with van der Waals surface area (Å²) in [6.45, 7) is 6.07. The Balaban J connectivity index is 2.72. The van der Waals surface area contributed by atoms with Gasteiger partial charge in [-0.3, -0.25) is 14.4 Å². The van der Waals surface area contributed by atoms with Crippen LogP contribution in [0.3, 0.4) is 0 Å². The van der Waals surface area contributed by atoms with Gasteiger partial charge in [0.1, 0.15) is 18.2 Å². The zero-order valence-electron chi connectivity index (χ0n) is 37.7. The Hall–Kier alpha value is -1.75. The van der Waals surface area contributed by atoms with Crippen molar-refractivity contribution in [2.45, 2.75) is 282 Å². The van der Waals surface area contributed by atoms with E-state index in [0.29, 0.717) is 25.7 Å². The fourth-order valence-corrected chi connectivity index (χ4v) is 7.99. The molecule has 1 saturated heterocycles. The van der Waals surface area contributed by atoms with Crippen molar-refractivity contribution in [2.75, 3.05) is 6.61 Å². The molecule has 2 unspecified atom stereocenters. The maximum absolute atomic E-state index is 13.8. The van der Waals surface area contributed by atoms with Gasteiger partial charge in [0.25, 0.3) is 5.91 Å². The molecule has 4 N–H and O–H groups in total. The van der Waals surface area contributed by atoms with Gasteiger partial charge >= 0.3 is 11.9 Å². The lowest BCUT2D eigenvalue weighted by Crippen LogP contribution is -2.66. The minimum atomic E-state index is -1.66. The lowest BCUT2D eigenvalue weighted by atomic mass is 9.96. The molecule has 1 heterocycles.